The van der Waals surface area contributed by atoms with Gasteiger partial charge < -0.3 is 4.90 Å². The zero-order valence-corrected chi connectivity index (χ0v) is 29.8. The lowest BCUT2D eigenvalue weighted by molar-refractivity contribution is 1.23. The predicted octanol–water partition coefficient (Wildman–Crippen LogP) is 14.7. The molecule has 0 radical (unpaired) electrons. The Labute approximate surface area is 311 Å². The second kappa shape index (κ2) is 12.5. The molecule has 53 heavy (non-hydrogen) atoms. The van der Waals surface area contributed by atoms with Gasteiger partial charge in [0.15, 0.2) is 0 Å². The summed E-state index contributed by atoms with van der Waals surface area (Å²) in [5, 5.41) is 5.15. The Kier molecular flexibility index (Phi) is 7.33. The van der Waals surface area contributed by atoms with Gasteiger partial charge >= 0.3 is 0 Å². The number of rotatable bonds is 6. The number of para-hydroxylation sites is 2. The van der Waals surface area contributed by atoms with Crippen LogP contribution in [0.5, 0.6) is 0 Å². The third-order valence-electron chi connectivity index (χ3n) is 11.0. The summed E-state index contributed by atoms with van der Waals surface area (Å²) in [5.41, 5.74) is 18.8. The Balaban J connectivity index is 1.24. The average molecular weight is 676 g/mol. The predicted molar refractivity (Wildman–Crippen MR) is 226 cm³/mol. The van der Waals surface area contributed by atoms with Crippen molar-refractivity contribution in [1.29, 1.82) is 0 Å². The molecule has 0 N–H and O–H groups in total. The lowest BCUT2D eigenvalue weighted by Crippen LogP contribution is -2.12. The van der Waals surface area contributed by atoms with Gasteiger partial charge in [0.2, 0.25) is 0 Å². The van der Waals surface area contributed by atoms with Gasteiger partial charge in [0.25, 0.3) is 0 Å². The Bertz CT molecular complexity index is 2710. The number of hydrogen-bond acceptors (Lipinski definition) is 1. The zero-order valence-electron chi connectivity index (χ0n) is 29.8. The smallest absolute Gasteiger partial charge is 0.0490 e. The van der Waals surface area contributed by atoms with E-state index in [0.29, 0.717) is 0 Å². The zero-order chi connectivity index (χ0) is 35.5. The molecule has 0 bridgehead atoms. The number of nitrogens with zero attached hydrogens (tertiary/aromatic N) is 1. The van der Waals surface area contributed by atoms with Gasteiger partial charge in [0.1, 0.15) is 0 Å². The molecule has 0 saturated heterocycles. The third kappa shape index (κ3) is 4.93. The van der Waals surface area contributed by atoms with Gasteiger partial charge in [-0.1, -0.05) is 164 Å². The summed E-state index contributed by atoms with van der Waals surface area (Å²) in [5.74, 6) is 0. The lowest BCUT2D eigenvalue weighted by atomic mass is 9.82. The van der Waals surface area contributed by atoms with Crippen LogP contribution in [0.1, 0.15) is 11.1 Å². The number of benzene rings is 9. The van der Waals surface area contributed by atoms with Crippen LogP contribution in [-0.2, 0) is 0 Å². The molecule has 1 aliphatic carbocycles. The molecular formula is C52H37N. The maximum Gasteiger partial charge on any atom is 0.0490 e. The average Bonchev–Trinajstić information content (AvgIpc) is 3.54. The van der Waals surface area contributed by atoms with Crippen LogP contribution in [0, 0.1) is 13.8 Å². The van der Waals surface area contributed by atoms with E-state index in [1.807, 2.05) is 0 Å². The van der Waals surface area contributed by atoms with Crippen LogP contribution in [0.25, 0.3) is 77.2 Å². The molecular weight excluding hydrogens is 639 g/mol. The fourth-order valence-electron chi connectivity index (χ4n) is 8.71. The first kappa shape index (κ1) is 31.1. The fourth-order valence-corrected chi connectivity index (χ4v) is 8.71. The molecule has 0 amide bonds. The lowest BCUT2D eigenvalue weighted by Gasteiger charge is -2.29. The van der Waals surface area contributed by atoms with Crippen LogP contribution in [-0.4, -0.2) is 0 Å². The molecule has 0 unspecified atom stereocenters. The minimum atomic E-state index is 1.14. The van der Waals surface area contributed by atoms with Gasteiger partial charge in [-0.05, 0) is 126 Å². The fraction of sp³-hybridized carbons (Fsp3) is 0.0385. The van der Waals surface area contributed by atoms with Crippen molar-refractivity contribution in [2.45, 2.75) is 13.8 Å². The highest BCUT2D eigenvalue weighted by atomic mass is 15.1. The first-order valence-corrected chi connectivity index (χ1v) is 18.5. The molecule has 250 valence electrons. The van der Waals surface area contributed by atoms with Crippen molar-refractivity contribution >= 4 is 38.6 Å². The topological polar surface area (TPSA) is 3.24 Å². The molecule has 1 nitrogen and oxygen atoms in total. The minimum Gasteiger partial charge on any atom is -0.310 e. The van der Waals surface area contributed by atoms with Gasteiger partial charge in [0.05, 0.1) is 0 Å². The summed E-state index contributed by atoms with van der Waals surface area (Å²) in [6, 6.07) is 69.0. The first-order valence-electron chi connectivity index (χ1n) is 18.5. The monoisotopic (exact) mass is 675 g/mol. The highest BCUT2D eigenvalue weighted by Crippen LogP contribution is 2.58. The van der Waals surface area contributed by atoms with E-state index >= 15 is 0 Å². The molecule has 1 aliphatic rings. The second-order valence-electron chi connectivity index (χ2n) is 14.1. The second-order valence-corrected chi connectivity index (χ2v) is 14.1. The quantitative estimate of drug-likeness (QED) is 0.170. The van der Waals surface area contributed by atoms with E-state index in [1.165, 1.54) is 99.7 Å². The summed E-state index contributed by atoms with van der Waals surface area (Å²) < 4.78 is 0. The van der Waals surface area contributed by atoms with Crippen molar-refractivity contribution in [3.05, 3.63) is 199 Å². The molecule has 9 aromatic rings. The highest BCUT2D eigenvalue weighted by molar-refractivity contribution is 6.28. The molecule has 0 fully saturated rings. The van der Waals surface area contributed by atoms with E-state index in [9.17, 15) is 0 Å². The normalized spacial score (nSPS) is 11.6. The van der Waals surface area contributed by atoms with Crippen LogP contribution < -0.4 is 4.90 Å². The maximum atomic E-state index is 2.41. The molecule has 0 aromatic heterocycles. The van der Waals surface area contributed by atoms with Crippen molar-refractivity contribution in [2.24, 2.45) is 0 Å². The van der Waals surface area contributed by atoms with Crippen molar-refractivity contribution in [2.75, 3.05) is 4.90 Å². The number of anilines is 3. The summed E-state index contributed by atoms with van der Waals surface area (Å²) in [6.45, 7) is 4.39. The molecule has 0 saturated carbocycles. The SMILES string of the molecule is Cc1ccccc1N(c1cccc(-c2ccc3c4c(cccc24)-c2c-3c(-c3ccccc3)c3ccccc3c2-c2ccccc2)c1)c1ccccc1C. The minimum absolute atomic E-state index is 1.14. The molecule has 0 atom stereocenters. The van der Waals surface area contributed by atoms with Crippen molar-refractivity contribution in [1.82, 2.24) is 0 Å². The van der Waals surface area contributed by atoms with E-state index < -0.39 is 0 Å². The van der Waals surface area contributed by atoms with E-state index in [-0.39, 0.29) is 0 Å². The van der Waals surface area contributed by atoms with Crippen molar-refractivity contribution < 1.29 is 0 Å². The van der Waals surface area contributed by atoms with Gasteiger partial charge in [-0.25, -0.2) is 0 Å². The van der Waals surface area contributed by atoms with Crippen molar-refractivity contribution in [3.63, 3.8) is 0 Å². The summed E-state index contributed by atoms with van der Waals surface area (Å²) in [6.07, 6.45) is 0. The summed E-state index contributed by atoms with van der Waals surface area (Å²) in [4.78, 5) is 2.41. The third-order valence-corrected chi connectivity index (χ3v) is 11.0. The van der Waals surface area contributed by atoms with Crippen LogP contribution in [0.4, 0.5) is 17.1 Å². The standard InChI is InChI=1S/C52H37N/c1-34-17-9-13-29-46(34)53(47-30-14-10-18-35(47)2)39-24-15-23-38(33-39)40-31-32-45-50-41(40)27-16-28-44(50)51-48(36-19-5-3-6-20-36)42-25-11-12-26-43(42)49(52(45)51)37-21-7-4-8-22-37/h3-33H,1-2H3. The van der Waals surface area contributed by atoms with Crippen LogP contribution in [0.2, 0.25) is 0 Å². The molecule has 0 aliphatic heterocycles. The Hall–Kier alpha value is -6.70. The Morgan fingerprint density at radius 2 is 0.774 bits per heavy atom. The highest BCUT2D eigenvalue weighted by Gasteiger charge is 2.31. The molecule has 9 aromatic carbocycles. The Morgan fingerprint density at radius 1 is 0.321 bits per heavy atom. The first-order chi connectivity index (χ1) is 26.2. The number of aryl methyl sites for hydroxylation is 2. The van der Waals surface area contributed by atoms with Crippen LogP contribution in [0.3, 0.4) is 0 Å². The number of fused-ring (bicyclic) bond motifs is 4. The summed E-state index contributed by atoms with van der Waals surface area (Å²) >= 11 is 0. The van der Waals surface area contributed by atoms with Crippen molar-refractivity contribution in [3.8, 4) is 55.6 Å². The molecule has 0 heterocycles. The summed E-state index contributed by atoms with van der Waals surface area (Å²) in [7, 11) is 0. The van der Waals surface area contributed by atoms with E-state index in [1.54, 1.807) is 0 Å². The van der Waals surface area contributed by atoms with E-state index in [2.05, 4.69) is 207 Å². The van der Waals surface area contributed by atoms with E-state index in [0.717, 1.165) is 5.69 Å². The largest absolute Gasteiger partial charge is 0.310 e. The van der Waals surface area contributed by atoms with Gasteiger partial charge in [0, 0.05) is 17.1 Å². The molecule has 0 spiro atoms. The number of hydrogen-bond donors (Lipinski definition) is 0. The maximum absolute atomic E-state index is 2.41. The van der Waals surface area contributed by atoms with Gasteiger partial charge in [-0.15, -0.1) is 0 Å². The van der Waals surface area contributed by atoms with Gasteiger partial charge in [-0.3, -0.25) is 0 Å². The van der Waals surface area contributed by atoms with Crippen LogP contribution in [0.15, 0.2) is 188 Å². The Morgan fingerprint density at radius 3 is 1.36 bits per heavy atom. The van der Waals surface area contributed by atoms with Gasteiger partial charge in [-0.2, -0.15) is 0 Å². The molecule has 10 rings (SSSR count). The van der Waals surface area contributed by atoms with E-state index in [4.69, 9.17) is 0 Å². The van der Waals surface area contributed by atoms with Crippen LogP contribution >= 0.6 is 0 Å². The molecule has 1 heteroatoms.